The van der Waals surface area contributed by atoms with Crippen molar-refractivity contribution in [2.24, 2.45) is 17.8 Å². The van der Waals surface area contributed by atoms with Gasteiger partial charge in [-0.1, -0.05) is 57.4 Å². The van der Waals surface area contributed by atoms with Gasteiger partial charge in [0.25, 0.3) is 5.79 Å². The standard InChI is InChI=1S/C32H54O7/c1-4-5-14-25(2)15-13-16-26-20-21-28(33)27(26)17-7-6-10-22-32(31(34)35-3,38-29-18-8-11-23-36-29)39-30-19-9-12-24-37-30/h6-7,13,16,25-30,33H,4-5,8-12,14-15,17-24H2,1-3H3/b7-6-,16-13+/t25-,26+,27-,28+,29?,30?,32?/m1/s1. The molecule has 224 valence electrons. The van der Waals surface area contributed by atoms with Crippen molar-refractivity contribution in [1.29, 1.82) is 0 Å². The molecule has 0 spiro atoms. The molecule has 1 aliphatic carbocycles. The summed E-state index contributed by atoms with van der Waals surface area (Å²) in [6, 6.07) is 0. The SMILES string of the molecule is CCCC[C@@H](C)C/C=C/[C@H]1CC[C@H](O)[C@@H]1C/C=C\CCC(OC1CCCCO1)(OC1CCCCO1)C(=O)OC. The molecule has 2 saturated heterocycles. The molecule has 6 atom stereocenters. The van der Waals surface area contributed by atoms with Crippen LogP contribution < -0.4 is 0 Å². The van der Waals surface area contributed by atoms with Gasteiger partial charge in [-0.2, -0.15) is 0 Å². The van der Waals surface area contributed by atoms with E-state index in [4.69, 9.17) is 23.7 Å². The summed E-state index contributed by atoms with van der Waals surface area (Å²) in [6.07, 6.45) is 21.5. The summed E-state index contributed by atoms with van der Waals surface area (Å²) < 4.78 is 29.3. The summed E-state index contributed by atoms with van der Waals surface area (Å²) in [6.45, 7) is 5.79. The third-order valence-corrected chi connectivity index (χ3v) is 8.44. The molecule has 1 N–H and O–H groups in total. The van der Waals surface area contributed by atoms with Gasteiger partial charge >= 0.3 is 5.97 Å². The Kier molecular flexibility index (Phi) is 14.5. The van der Waals surface area contributed by atoms with Crippen LogP contribution in [0.25, 0.3) is 0 Å². The highest BCUT2D eigenvalue weighted by Gasteiger charge is 2.47. The van der Waals surface area contributed by atoms with Gasteiger partial charge in [0, 0.05) is 19.6 Å². The van der Waals surface area contributed by atoms with Crippen molar-refractivity contribution < 1.29 is 33.6 Å². The Morgan fingerprint density at radius 2 is 1.69 bits per heavy atom. The van der Waals surface area contributed by atoms with Gasteiger partial charge in [0.2, 0.25) is 0 Å². The Morgan fingerprint density at radius 3 is 2.28 bits per heavy atom. The second kappa shape index (κ2) is 17.5. The van der Waals surface area contributed by atoms with Crippen molar-refractivity contribution in [1.82, 2.24) is 0 Å². The van der Waals surface area contributed by atoms with Crippen molar-refractivity contribution in [3.05, 3.63) is 24.3 Å². The van der Waals surface area contributed by atoms with Crippen LogP contribution in [-0.4, -0.2) is 55.9 Å². The van der Waals surface area contributed by atoms with E-state index >= 15 is 0 Å². The number of carbonyl (C=O) groups excluding carboxylic acids is 1. The second-order valence-corrected chi connectivity index (χ2v) is 11.7. The smallest absolute Gasteiger partial charge is 0.366 e. The Morgan fingerprint density at radius 1 is 1.00 bits per heavy atom. The van der Waals surface area contributed by atoms with Crippen LogP contribution in [0.5, 0.6) is 0 Å². The minimum Gasteiger partial charge on any atom is -0.465 e. The molecule has 3 rings (SSSR count). The molecular weight excluding hydrogens is 496 g/mol. The second-order valence-electron chi connectivity index (χ2n) is 11.7. The zero-order valence-electron chi connectivity index (χ0n) is 24.7. The minimum atomic E-state index is -1.57. The van der Waals surface area contributed by atoms with Gasteiger partial charge in [0.05, 0.1) is 13.2 Å². The van der Waals surface area contributed by atoms with Crippen molar-refractivity contribution in [2.45, 2.75) is 135 Å². The number of unbranched alkanes of at least 4 members (excludes halogenated alkanes) is 1. The third kappa shape index (κ3) is 10.6. The van der Waals surface area contributed by atoms with Crippen molar-refractivity contribution >= 4 is 5.97 Å². The monoisotopic (exact) mass is 550 g/mol. The van der Waals surface area contributed by atoms with Gasteiger partial charge in [0.15, 0.2) is 12.6 Å². The molecular formula is C32H54O7. The summed E-state index contributed by atoms with van der Waals surface area (Å²) in [5, 5.41) is 10.6. The van der Waals surface area contributed by atoms with Crippen LogP contribution in [0.3, 0.4) is 0 Å². The Hall–Kier alpha value is -1.25. The van der Waals surface area contributed by atoms with Gasteiger partial charge in [-0.3, -0.25) is 0 Å². The van der Waals surface area contributed by atoms with E-state index in [1.807, 2.05) is 0 Å². The fourth-order valence-electron chi connectivity index (χ4n) is 5.98. The molecule has 0 aromatic rings. The first kappa shape index (κ1) is 32.3. The number of methoxy groups -OCH3 is 1. The first-order chi connectivity index (χ1) is 19.0. The molecule has 2 unspecified atom stereocenters. The number of allylic oxidation sites excluding steroid dienone is 4. The van der Waals surface area contributed by atoms with E-state index in [9.17, 15) is 9.90 Å². The molecule has 7 nitrogen and oxygen atoms in total. The van der Waals surface area contributed by atoms with E-state index in [0.29, 0.717) is 37.9 Å². The summed E-state index contributed by atoms with van der Waals surface area (Å²) in [7, 11) is 1.36. The molecule has 0 aromatic carbocycles. The van der Waals surface area contributed by atoms with E-state index in [2.05, 4.69) is 38.2 Å². The lowest BCUT2D eigenvalue weighted by atomic mass is 9.90. The van der Waals surface area contributed by atoms with E-state index in [1.165, 1.54) is 26.4 Å². The molecule has 0 aromatic heterocycles. The van der Waals surface area contributed by atoms with Crippen LogP contribution in [0.1, 0.15) is 110 Å². The van der Waals surface area contributed by atoms with E-state index < -0.39 is 24.3 Å². The number of carbonyl (C=O) groups is 1. The number of aliphatic hydroxyl groups is 1. The summed E-state index contributed by atoms with van der Waals surface area (Å²) >= 11 is 0. The molecule has 39 heavy (non-hydrogen) atoms. The van der Waals surface area contributed by atoms with Crippen LogP contribution in [0.2, 0.25) is 0 Å². The molecule has 2 heterocycles. The maximum atomic E-state index is 13.1. The van der Waals surface area contributed by atoms with E-state index in [0.717, 1.165) is 64.2 Å². The van der Waals surface area contributed by atoms with Crippen LogP contribution in [0.4, 0.5) is 0 Å². The van der Waals surface area contributed by atoms with Crippen LogP contribution >= 0.6 is 0 Å². The van der Waals surface area contributed by atoms with Crippen molar-refractivity contribution in [2.75, 3.05) is 20.3 Å². The molecule has 3 aliphatic rings. The highest BCUT2D eigenvalue weighted by atomic mass is 16.8. The van der Waals surface area contributed by atoms with Gasteiger partial charge in [-0.25, -0.2) is 4.79 Å². The molecule has 2 aliphatic heterocycles. The fourth-order valence-corrected chi connectivity index (χ4v) is 5.98. The van der Waals surface area contributed by atoms with Gasteiger partial charge < -0.3 is 28.8 Å². The predicted molar refractivity (Wildman–Crippen MR) is 152 cm³/mol. The average molecular weight is 551 g/mol. The van der Waals surface area contributed by atoms with Crippen molar-refractivity contribution in [3.8, 4) is 0 Å². The van der Waals surface area contributed by atoms with Gasteiger partial charge in [0.1, 0.15) is 0 Å². The third-order valence-electron chi connectivity index (χ3n) is 8.44. The highest BCUT2D eigenvalue weighted by Crippen LogP contribution is 2.36. The maximum Gasteiger partial charge on any atom is 0.366 e. The number of esters is 1. The number of ether oxygens (including phenoxy) is 5. The van der Waals surface area contributed by atoms with Gasteiger partial charge in [-0.15, -0.1) is 0 Å². The maximum absolute atomic E-state index is 13.1. The molecule has 0 amide bonds. The van der Waals surface area contributed by atoms with Crippen LogP contribution in [0, 0.1) is 17.8 Å². The topological polar surface area (TPSA) is 83.5 Å². The summed E-state index contributed by atoms with van der Waals surface area (Å²) in [5.41, 5.74) is 0. The molecule has 3 fully saturated rings. The zero-order chi connectivity index (χ0) is 27.9. The quantitative estimate of drug-likeness (QED) is 0.128. The Labute approximate surface area is 236 Å². The lowest BCUT2D eigenvalue weighted by Gasteiger charge is -2.38. The largest absolute Gasteiger partial charge is 0.465 e. The number of hydrogen-bond donors (Lipinski definition) is 1. The minimum absolute atomic E-state index is 0.229. The van der Waals surface area contributed by atoms with E-state index in [-0.39, 0.29) is 12.0 Å². The van der Waals surface area contributed by atoms with E-state index in [1.54, 1.807) is 0 Å². The Bertz CT molecular complexity index is 719. The lowest BCUT2D eigenvalue weighted by molar-refractivity contribution is -0.352. The summed E-state index contributed by atoms with van der Waals surface area (Å²) in [5.74, 6) is -0.772. The van der Waals surface area contributed by atoms with Gasteiger partial charge in [-0.05, 0) is 88.4 Å². The molecule has 0 bridgehead atoms. The number of hydrogen-bond acceptors (Lipinski definition) is 7. The molecule has 0 radical (unpaired) electrons. The predicted octanol–water partition coefficient (Wildman–Crippen LogP) is 6.83. The lowest BCUT2D eigenvalue weighted by Crippen LogP contribution is -2.51. The van der Waals surface area contributed by atoms with Crippen molar-refractivity contribution in [3.63, 3.8) is 0 Å². The number of aliphatic hydroxyl groups excluding tert-OH is 1. The molecule has 7 heteroatoms. The van der Waals surface area contributed by atoms with Crippen LogP contribution in [0.15, 0.2) is 24.3 Å². The molecule has 1 saturated carbocycles. The highest BCUT2D eigenvalue weighted by molar-refractivity contribution is 5.77. The van der Waals surface area contributed by atoms with Crippen LogP contribution in [-0.2, 0) is 28.5 Å². The summed E-state index contributed by atoms with van der Waals surface area (Å²) in [4.78, 5) is 13.1. The average Bonchev–Trinajstić information content (AvgIpc) is 3.30. The fraction of sp³-hybridized carbons (Fsp3) is 0.844. The Balaban J connectivity index is 1.58. The normalized spacial score (nSPS) is 30.5. The first-order valence-corrected chi connectivity index (χ1v) is 15.6. The first-order valence-electron chi connectivity index (χ1n) is 15.6. The zero-order valence-corrected chi connectivity index (χ0v) is 24.7. The number of rotatable bonds is 16.